The molecule has 1 N–H and O–H groups in total. The summed E-state index contributed by atoms with van der Waals surface area (Å²) in [7, 11) is 0. The highest BCUT2D eigenvalue weighted by molar-refractivity contribution is 5.67. The van der Waals surface area contributed by atoms with Crippen LogP contribution in [0.3, 0.4) is 0 Å². The molecular formula is C20H25NO2. The van der Waals surface area contributed by atoms with Crippen molar-refractivity contribution >= 4 is 5.97 Å². The standard InChI is InChI=1S/C20H25NO2/c1-15(2)4-9-19(18-7-5-16(3)6-8-18)21-12-10-17(11-13-21)14-20(22)23/h5-8,17,19H,1,10-14H2,2-3H3,(H,22,23)/t19-/m0/s1. The van der Waals surface area contributed by atoms with Crippen LogP contribution >= 0.6 is 0 Å². The Morgan fingerprint density at radius 3 is 2.48 bits per heavy atom. The molecule has 1 aliphatic rings. The molecule has 1 aromatic rings. The van der Waals surface area contributed by atoms with E-state index in [1.165, 1.54) is 11.1 Å². The number of aliphatic carboxylic acids is 1. The van der Waals surface area contributed by atoms with Crippen LogP contribution in [0, 0.1) is 24.7 Å². The smallest absolute Gasteiger partial charge is 0.303 e. The molecule has 0 unspecified atom stereocenters. The molecule has 1 heterocycles. The topological polar surface area (TPSA) is 40.5 Å². The number of nitrogens with zero attached hydrogens (tertiary/aromatic N) is 1. The first-order valence-electron chi connectivity index (χ1n) is 8.15. The molecule has 1 atom stereocenters. The summed E-state index contributed by atoms with van der Waals surface area (Å²) in [6, 6.07) is 8.55. The Kier molecular flexibility index (Phi) is 6.01. The van der Waals surface area contributed by atoms with Gasteiger partial charge < -0.3 is 5.11 Å². The number of allylic oxidation sites excluding steroid dienone is 1. The lowest BCUT2D eigenvalue weighted by Crippen LogP contribution is -2.36. The molecule has 1 aromatic carbocycles. The van der Waals surface area contributed by atoms with E-state index in [1.54, 1.807) is 0 Å². The van der Waals surface area contributed by atoms with E-state index in [4.69, 9.17) is 5.11 Å². The molecule has 1 fully saturated rings. The number of piperidine rings is 1. The first kappa shape index (κ1) is 17.3. The van der Waals surface area contributed by atoms with Gasteiger partial charge in [-0.15, -0.1) is 0 Å². The van der Waals surface area contributed by atoms with Crippen molar-refractivity contribution in [3.8, 4) is 11.8 Å². The molecule has 0 bridgehead atoms. The number of carboxylic acids is 1. The maximum Gasteiger partial charge on any atom is 0.303 e. The van der Waals surface area contributed by atoms with Crippen LogP contribution in [-0.2, 0) is 4.79 Å². The minimum absolute atomic E-state index is 0.0538. The largest absolute Gasteiger partial charge is 0.481 e. The number of likely N-dealkylation sites (tertiary alicyclic amines) is 1. The zero-order chi connectivity index (χ0) is 16.8. The van der Waals surface area contributed by atoms with Crippen molar-refractivity contribution in [2.24, 2.45) is 5.92 Å². The fourth-order valence-electron chi connectivity index (χ4n) is 2.99. The number of hydrogen-bond donors (Lipinski definition) is 1. The molecule has 0 amide bonds. The number of rotatable bonds is 4. The van der Waals surface area contributed by atoms with E-state index < -0.39 is 5.97 Å². The van der Waals surface area contributed by atoms with Gasteiger partial charge in [0.05, 0.1) is 6.04 Å². The van der Waals surface area contributed by atoms with Crippen LogP contribution in [0.4, 0.5) is 0 Å². The fourth-order valence-corrected chi connectivity index (χ4v) is 2.99. The monoisotopic (exact) mass is 311 g/mol. The van der Waals surface area contributed by atoms with E-state index in [9.17, 15) is 4.79 Å². The van der Waals surface area contributed by atoms with E-state index >= 15 is 0 Å². The fraction of sp³-hybridized carbons (Fsp3) is 0.450. The molecule has 0 saturated carbocycles. The highest BCUT2D eigenvalue weighted by Gasteiger charge is 2.26. The van der Waals surface area contributed by atoms with E-state index in [0.29, 0.717) is 0 Å². The summed E-state index contributed by atoms with van der Waals surface area (Å²) >= 11 is 0. The van der Waals surface area contributed by atoms with Gasteiger partial charge in [0.1, 0.15) is 0 Å². The SMILES string of the molecule is C=C(C)C#C[C@@H](c1ccc(C)cc1)N1CCC(CC(=O)O)CC1. The predicted molar refractivity (Wildman–Crippen MR) is 93.1 cm³/mol. The molecule has 1 aliphatic heterocycles. The molecule has 122 valence electrons. The van der Waals surface area contributed by atoms with E-state index in [0.717, 1.165) is 31.5 Å². The molecule has 3 nitrogen and oxygen atoms in total. The molecule has 0 aromatic heterocycles. The van der Waals surface area contributed by atoms with Crippen molar-refractivity contribution < 1.29 is 9.90 Å². The lowest BCUT2D eigenvalue weighted by atomic mass is 9.91. The number of carboxylic acid groups (broad SMARTS) is 1. The van der Waals surface area contributed by atoms with Crippen molar-refractivity contribution in [2.45, 2.75) is 39.2 Å². The summed E-state index contributed by atoms with van der Waals surface area (Å²) in [5, 5.41) is 8.94. The average molecular weight is 311 g/mol. The van der Waals surface area contributed by atoms with Crippen LogP contribution in [-0.4, -0.2) is 29.1 Å². The Labute approximate surface area is 139 Å². The van der Waals surface area contributed by atoms with E-state index in [2.05, 4.69) is 54.5 Å². The van der Waals surface area contributed by atoms with Gasteiger partial charge in [-0.3, -0.25) is 9.69 Å². The van der Waals surface area contributed by atoms with Crippen molar-refractivity contribution in [3.05, 3.63) is 47.5 Å². The van der Waals surface area contributed by atoms with Gasteiger partial charge in [-0.1, -0.05) is 48.2 Å². The predicted octanol–water partition coefficient (Wildman–Crippen LogP) is 3.80. The van der Waals surface area contributed by atoms with Crippen LogP contribution in [0.1, 0.15) is 43.4 Å². The zero-order valence-corrected chi connectivity index (χ0v) is 14.0. The van der Waals surface area contributed by atoms with Gasteiger partial charge in [0, 0.05) is 6.42 Å². The van der Waals surface area contributed by atoms with Crippen LogP contribution in [0.2, 0.25) is 0 Å². The highest BCUT2D eigenvalue weighted by atomic mass is 16.4. The molecule has 23 heavy (non-hydrogen) atoms. The minimum Gasteiger partial charge on any atom is -0.481 e. The van der Waals surface area contributed by atoms with Crippen LogP contribution in [0.15, 0.2) is 36.4 Å². The lowest BCUT2D eigenvalue weighted by Gasteiger charge is -2.35. The summed E-state index contributed by atoms with van der Waals surface area (Å²) in [5.74, 6) is 6.05. The Morgan fingerprint density at radius 2 is 1.96 bits per heavy atom. The van der Waals surface area contributed by atoms with E-state index in [1.807, 2.05) is 6.92 Å². The van der Waals surface area contributed by atoms with Gasteiger partial charge in [-0.25, -0.2) is 0 Å². The summed E-state index contributed by atoms with van der Waals surface area (Å²) in [4.78, 5) is 13.2. The van der Waals surface area contributed by atoms with Crippen molar-refractivity contribution in [3.63, 3.8) is 0 Å². The van der Waals surface area contributed by atoms with Gasteiger partial charge in [-0.05, 0) is 56.8 Å². The molecule has 0 aliphatic carbocycles. The van der Waals surface area contributed by atoms with Crippen LogP contribution < -0.4 is 0 Å². The van der Waals surface area contributed by atoms with Crippen LogP contribution in [0.5, 0.6) is 0 Å². The Morgan fingerprint density at radius 1 is 1.35 bits per heavy atom. The number of aryl methyl sites for hydroxylation is 1. The van der Waals surface area contributed by atoms with Gasteiger partial charge in [-0.2, -0.15) is 0 Å². The van der Waals surface area contributed by atoms with Gasteiger partial charge in [0.15, 0.2) is 0 Å². The highest BCUT2D eigenvalue weighted by Crippen LogP contribution is 2.28. The molecule has 1 saturated heterocycles. The van der Waals surface area contributed by atoms with Gasteiger partial charge in [0.25, 0.3) is 0 Å². The number of carbonyl (C=O) groups is 1. The second kappa shape index (κ2) is 7.99. The Bertz CT molecular complexity index is 613. The Balaban J connectivity index is 2.13. The van der Waals surface area contributed by atoms with Crippen LogP contribution in [0.25, 0.3) is 0 Å². The molecule has 2 rings (SSSR count). The summed E-state index contributed by atoms with van der Waals surface area (Å²) < 4.78 is 0. The molecule has 0 spiro atoms. The summed E-state index contributed by atoms with van der Waals surface area (Å²) in [6.45, 7) is 9.64. The van der Waals surface area contributed by atoms with E-state index in [-0.39, 0.29) is 18.4 Å². The third kappa shape index (κ3) is 5.26. The van der Waals surface area contributed by atoms with Crippen molar-refractivity contribution in [1.82, 2.24) is 4.90 Å². The zero-order valence-electron chi connectivity index (χ0n) is 14.0. The quantitative estimate of drug-likeness (QED) is 0.860. The molecule has 3 heteroatoms. The number of hydrogen-bond acceptors (Lipinski definition) is 2. The maximum absolute atomic E-state index is 10.9. The third-order valence-electron chi connectivity index (χ3n) is 4.29. The first-order chi connectivity index (χ1) is 11.0. The number of benzene rings is 1. The van der Waals surface area contributed by atoms with Gasteiger partial charge >= 0.3 is 5.97 Å². The molecular weight excluding hydrogens is 286 g/mol. The third-order valence-corrected chi connectivity index (χ3v) is 4.29. The normalized spacial score (nSPS) is 17.1. The van der Waals surface area contributed by atoms with Crippen molar-refractivity contribution in [2.75, 3.05) is 13.1 Å². The first-order valence-corrected chi connectivity index (χ1v) is 8.15. The molecule has 0 radical (unpaired) electrons. The second-order valence-electron chi connectivity index (χ2n) is 6.44. The summed E-state index contributed by atoms with van der Waals surface area (Å²) in [6.07, 6.45) is 2.12. The minimum atomic E-state index is -0.694. The second-order valence-corrected chi connectivity index (χ2v) is 6.44. The maximum atomic E-state index is 10.9. The Hall–Kier alpha value is -2.05. The average Bonchev–Trinajstić information content (AvgIpc) is 2.50. The van der Waals surface area contributed by atoms with Gasteiger partial charge in [0.2, 0.25) is 0 Å². The summed E-state index contributed by atoms with van der Waals surface area (Å²) in [5.41, 5.74) is 3.30. The lowest BCUT2D eigenvalue weighted by molar-refractivity contribution is -0.138. The van der Waals surface area contributed by atoms with Crippen molar-refractivity contribution in [1.29, 1.82) is 0 Å².